The molecule has 0 radical (unpaired) electrons. The Hall–Kier alpha value is -1.46. The quantitative estimate of drug-likeness (QED) is 0.864. The fourth-order valence-electron chi connectivity index (χ4n) is 1.91. The zero-order valence-corrected chi connectivity index (χ0v) is 14.1. The van der Waals surface area contributed by atoms with Gasteiger partial charge in [-0.05, 0) is 46.6 Å². The average Bonchev–Trinajstić information content (AvgIpc) is 2.47. The topological polar surface area (TPSA) is 47.0 Å². The molecule has 1 heterocycles. The summed E-state index contributed by atoms with van der Waals surface area (Å²) in [6.45, 7) is 6.17. The summed E-state index contributed by atoms with van der Waals surface area (Å²) in [6.07, 6.45) is 3.74. The lowest BCUT2D eigenvalue weighted by molar-refractivity contribution is 0.412. The van der Waals surface area contributed by atoms with Crippen molar-refractivity contribution in [1.29, 1.82) is 0 Å². The molecule has 1 N–H and O–H groups in total. The second kappa shape index (κ2) is 7.52. The van der Waals surface area contributed by atoms with Gasteiger partial charge in [-0.1, -0.05) is 13.8 Å². The Bertz CT molecular complexity index is 585. The van der Waals surface area contributed by atoms with Gasteiger partial charge in [-0.25, -0.2) is 9.97 Å². The van der Waals surface area contributed by atoms with Gasteiger partial charge in [-0.2, -0.15) is 0 Å². The predicted octanol–water partition coefficient (Wildman–Crippen LogP) is 3.66. The van der Waals surface area contributed by atoms with Crippen molar-refractivity contribution in [3.8, 4) is 17.1 Å². The van der Waals surface area contributed by atoms with Crippen molar-refractivity contribution in [2.75, 3.05) is 13.7 Å². The summed E-state index contributed by atoms with van der Waals surface area (Å²) in [7, 11) is 1.65. The number of benzene rings is 1. The molecule has 1 aromatic carbocycles. The van der Waals surface area contributed by atoms with Crippen LogP contribution in [0.5, 0.6) is 5.75 Å². The number of nitrogens with zero attached hydrogens (tertiary/aromatic N) is 2. The third-order valence-electron chi connectivity index (χ3n) is 3.00. The van der Waals surface area contributed by atoms with Crippen molar-refractivity contribution in [2.45, 2.75) is 20.4 Å². The fourth-order valence-corrected chi connectivity index (χ4v) is 2.45. The maximum Gasteiger partial charge on any atom is 0.159 e. The van der Waals surface area contributed by atoms with Gasteiger partial charge in [0.05, 0.1) is 11.6 Å². The molecule has 21 heavy (non-hydrogen) atoms. The summed E-state index contributed by atoms with van der Waals surface area (Å²) >= 11 is 3.48. The molecule has 0 amide bonds. The molecule has 0 aliphatic heterocycles. The minimum Gasteiger partial charge on any atom is -0.496 e. The van der Waals surface area contributed by atoms with Gasteiger partial charge < -0.3 is 10.1 Å². The molecule has 0 unspecified atom stereocenters. The Balaban J connectivity index is 2.06. The van der Waals surface area contributed by atoms with E-state index in [0.717, 1.165) is 34.4 Å². The monoisotopic (exact) mass is 349 g/mol. The van der Waals surface area contributed by atoms with Gasteiger partial charge in [0.25, 0.3) is 0 Å². The molecule has 0 saturated carbocycles. The Morgan fingerprint density at radius 1 is 1.24 bits per heavy atom. The Kier molecular flexibility index (Phi) is 5.70. The van der Waals surface area contributed by atoms with Crippen molar-refractivity contribution < 1.29 is 4.74 Å². The highest BCUT2D eigenvalue weighted by Gasteiger charge is 2.06. The molecule has 0 aliphatic rings. The van der Waals surface area contributed by atoms with Crippen molar-refractivity contribution >= 4 is 15.9 Å². The van der Waals surface area contributed by atoms with E-state index in [1.165, 1.54) is 0 Å². The number of halogens is 1. The highest BCUT2D eigenvalue weighted by atomic mass is 79.9. The number of ether oxygens (including phenoxy) is 1. The molecule has 2 rings (SSSR count). The Labute approximate surface area is 134 Å². The lowest BCUT2D eigenvalue weighted by Gasteiger charge is -2.08. The number of hydrogen-bond donors (Lipinski definition) is 1. The fraction of sp³-hybridized carbons (Fsp3) is 0.375. The van der Waals surface area contributed by atoms with Crippen LogP contribution in [-0.4, -0.2) is 23.6 Å². The summed E-state index contributed by atoms with van der Waals surface area (Å²) in [4.78, 5) is 8.86. The summed E-state index contributed by atoms with van der Waals surface area (Å²) < 4.78 is 6.12. The largest absolute Gasteiger partial charge is 0.496 e. The molecule has 0 saturated heterocycles. The maximum absolute atomic E-state index is 5.22. The van der Waals surface area contributed by atoms with E-state index in [1.807, 2.05) is 30.6 Å². The van der Waals surface area contributed by atoms with E-state index in [-0.39, 0.29) is 0 Å². The van der Waals surface area contributed by atoms with Gasteiger partial charge in [-0.15, -0.1) is 0 Å². The van der Waals surface area contributed by atoms with Crippen molar-refractivity contribution in [3.63, 3.8) is 0 Å². The number of methoxy groups -OCH3 is 1. The lowest BCUT2D eigenvalue weighted by atomic mass is 10.2. The molecule has 5 heteroatoms. The van der Waals surface area contributed by atoms with Gasteiger partial charge in [0.2, 0.25) is 0 Å². The normalized spacial score (nSPS) is 10.9. The molecular weight excluding hydrogens is 330 g/mol. The van der Waals surface area contributed by atoms with Gasteiger partial charge in [0, 0.05) is 30.1 Å². The van der Waals surface area contributed by atoms with Crippen LogP contribution in [0.1, 0.15) is 19.4 Å². The molecule has 1 aromatic heterocycles. The minimum atomic E-state index is 0.641. The van der Waals surface area contributed by atoms with Crippen LogP contribution in [0.2, 0.25) is 0 Å². The molecule has 0 spiro atoms. The van der Waals surface area contributed by atoms with Gasteiger partial charge >= 0.3 is 0 Å². The van der Waals surface area contributed by atoms with Crippen molar-refractivity contribution in [2.24, 2.45) is 5.92 Å². The van der Waals surface area contributed by atoms with E-state index >= 15 is 0 Å². The molecule has 0 atom stereocenters. The van der Waals surface area contributed by atoms with Crippen LogP contribution in [-0.2, 0) is 6.54 Å². The molecule has 0 aliphatic carbocycles. The minimum absolute atomic E-state index is 0.641. The average molecular weight is 350 g/mol. The highest BCUT2D eigenvalue weighted by Crippen LogP contribution is 2.28. The van der Waals surface area contributed by atoms with Crippen LogP contribution in [0.3, 0.4) is 0 Å². The van der Waals surface area contributed by atoms with Gasteiger partial charge in [0.15, 0.2) is 5.82 Å². The third-order valence-corrected chi connectivity index (χ3v) is 3.62. The standard InChI is InChI=1S/C16H20BrN3O/c1-11(2)7-18-8-12-9-19-16(20-10-12)13-4-5-15(21-3)14(17)6-13/h4-6,9-11,18H,7-8H2,1-3H3. The van der Waals surface area contributed by atoms with E-state index in [4.69, 9.17) is 4.74 Å². The molecule has 112 valence electrons. The zero-order chi connectivity index (χ0) is 15.2. The second-order valence-corrected chi connectivity index (χ2v) is 6.14. The third kappa shape index (κ3) is 4.51. The molecule has 4 nitrogen and oxygen atoms in total. The summed E-state index contributed by atoms with van der Waals surface area (Å²) in [5.74, 6) is 2.15. The second-order valence-electron chi connectivity index (χ2n) is 5.29. The van der Waals surface area contributed by atoms with Crippen molar-refractivity contribution in [1.82, 2.24) is 15.3 Å². The molecule has 0 fully saturated rings. The Morgan fingerprint density at radius 2 is 1.95 bits per heavy atom. The maximum atomic E-state index is 5.22. The first-order chi connectivity index (χ1) is 10.1. The first-order valence-corrected chi connectivity index (χ1v) is 7.75. The van der Waals surface area contributed by atoms with Crippen LogP contribution in [0.15, 0.2) is 35.1 Å². The zero-order valence-electron chi connectivity index (χ0n) is 12.6. The summed E-state index contributed by atoms with van der Waals surface area (Å²) in [6, 6.07) is 5.82. The van der Waals surface area contributed by atoms with Gasteiger partial charge in [-0.3, -0.25) is 0 Å². The van der Waals surface area contributed by atoms with Crippen molar-refractivity contribution in [3.05, 3.63) is 40.6 Å². The first-order valence-electron chi connectivity index (χ1n) is 6.95. The molecule has 0 bridgehead atoms. The van der Waals surface area contributed by atoms with Crippen LogP contribution in [0.4, 0.5) is 0 Å². The molecular formula is C16H20BrN3O. The smallest absolute Gasteiger partial charge is 0.159 e. The van der Waals surface area contributed by atoms with E-state index < -0.39 is 0 Å². The SMILES string of the molecule is COc1ccc(-c2ncc(CNCC(C)C)cn2)cc1Br. The lowest BCUT2D eigenvalue weighted by Crippen LogP contribution is -2.19. The van der Waals surface area contributed by atoms with E-state index in [2.05, 4.69) is 45.1 Å². The Morgan fingerprint density at radius 3 is 2.52 bits per heavy atom. The van der Waals surface area contributed by atoms with Crippen LogP contribution in [0.25, 0.3) is 11.4 Å². The number of aromatic nitrogens is 2. The molecule has 2 aromatic rings. The number of rotatable bonds is 6. The number of hydrogen-bond acceptors (Lipinski definition) is 4. The van der Waals surface area contributed by atoms with E-state index in [9.17, 15) is 0 Å². The number of nitrogens with one attached hydrogen (secondary N) is 1. The van der Waals surface area contributed by atoms with E-state index in [0.29, 0.717) is 11.7 Å². The highest BCUT2D eigenvalue weighted by molar-refractivity contribution is 9.10. The van der Waals surface area contributed by atoms with Gasteiger partial charge in [0.1, 0.15) is 5.75 Å². The van der Waals surface area contributed by atoms with Crippen LogP contribution >= 0.6 is 15.9 Å². The predicted molar refractivity (Wildman–Crippen MR) is 88.3 cm³/mol. The summed E-state index contributed by atoms with van der Waals surface area (Å²) in [5.41, 5.74) is 2.05. The van der Waals surface area contributed by atoms with Crippen LogP contribution < -0.4 is 10.1 Å². The van der Waals surface area contributed by atoms with E-state index in [1.54, 1.807) is 7.11 Å². The first kappa shape index (κ1) is 15.9. The summed E-state index contributed by atoms with van der Waals surface area (Å²) in [5, 5.41) is 3.38. The van der Waals surface area contributed by atoms with Crippen LogP contribution in [0, 0.1) is 5.92 Å².